The van der Waals surface area contributed by atoms with Gasteiger partial charge in [0, 0.05) is 55.6 Å². The van der Waals surface area contributed by atoms with E-state index in [0.29, 0.717) is 72.9 Å². The number of rotatable bonds is 8. The van der Waals surface area contributed by atoms with Gasteiger partial charge in [0.05, 0.1) is 17.8 Å². The molecule has 13 heteroatoms. The summed E-state index contributed by atoms with van der Waals surface area (Å²) in [4.78, 5) is 41.6. The first-order valence-corrected chi connectivity index (χ1v) is 14.5. The first-order valence-electron chi connectivity index (χ1n) is 14.1. The van der Waals surface area contributed by atoms with E-state index < -0.39 is 4.92 Å². The molecule has 0 saturated carbocycles. The predicted molar refractivity (Wildman–Crippen MR) is 170 cm³/mol. The second kappa shape index (κ2) is 12.6. The van der Waals surface area contributed by atoms with Gasteiger partial charge >= 0.3 is 6.03 Å². The van der Waals surface area contributed by atoms with E-state index in [1.165, 1.54) is 29.8 Å². The summed E-state index contributed by atoms with van der Waals surface area (Å²) in [5.41, 5.74) is 5.09. The summed E-state index contributed by atoms with van der Waals surface area (Å²) in [6.07, 6.45) is 1.78. The first-order chi connectivity index (χ1) is 21.3. The van der Waals surface area contributed by atoms with Crippen molar-refractivity contribution < 1.29 is 9.72 Å². The van der Waals surface area contributed by atoms with E-state index in [1.54, 1.807) is 11.2 Å². The van der Waals surface area contributed by atoms with Crippen molar-refractivity contribution in [3.8, 4) is 0 Å². The number of anilines is 3. The third kappa shape index (κ3) is 6.40. The Morgan fingerprint density at radius 2 is 1.77 bits per heavy atom. The molecule has 0 aliphatic carbocycles. The summed E-state index contributed by atoms with van der Waals surface area (Å²) in [5.74, 6) is 1.15. The second-order valence-electron chi connectivity index (χ2n) is 10.6. The molecule has 6 rings (SSSR count). The van der Waals surface area contributed by atoms with E-state index in [9.17, 15) is 14.9 Å². The lowest BCUT2D eigenvalue weighted by atomic mass is 10.1. The van der Waals surface area contributed by atoms with Crippen LogP contribution in [0.2, 0.25) is 5.02 Å². The van der Waals surface area contributed by atoms with Crippen LogP contribution in [0.3, 0.4) is 0 Å². The first kappa shape index (κ1) is 28.9. The molecule has 1 fully saturated rings. The number of halogens is 1. The van der Waals surface area contributed by atoms with E-state index in [0.717, 1.165) is 11.1 Å². The smallest absolute Gasteiger partial charge is 0.321 e. The van der Waals surface area contributed by atoms with Gasteiger partial charge in [-0.25, -0.2) is 9.78 Å². The van der Waals surface area contributed by atoms with E-state index >= 15 is 0 Å². The minimum atomic E-state index is -0.475. The number of nitro benzene ring substituents is 1. The molecule has 0 spiro atoms. The quantitative estimate of drug-likeness (QED) is 0.168. The molecule has 44 heavy (non-hydrogen) atoms. The van der Waals surface area contributed by atoms with Crippen molar-refractivity contribution in [2.75, 3.05) is 41.7 Å². The Bertz CT molecular complexity index is 1820. The number of amides is 2. The maximum Gasteiger partial charge on any atom is 0.321 e. The number of piperazine rings is 1. The molecule has 0 unspecified atom stereocenters. The normalized spacial score (nSPS) is 13.2. The van der Waals surface area contributed by atoms with Crippen LogP contribution in [0.15, 0.2) is 79.1 Å². The Hall–Kier alpha value is -5.23. The molecule has 1 aliphatic rings. The summed E-state index contributed by atoms with van der Waals surface area (Å²) in [7, 11) is 0. The zero-order valence-corrected chi connectivity index (χ0v) is 24.7. The number of carbonyl (C=O) groups is 1. The summed E-state index contributed by atoms with van der Waals surface area (Å²) in [6.45, 7) is 5.08. The Morgan fingerprint density at radius 1 is 1.00 bits per heavy atom. The van der Waals surface area contributed by atoms with E-state index in [-0.39, 0.29) is 11.7 Å². The molecule has 12 nitrogen and oxygen atoms in total. The number of non-ortho nitro benzene ring substituents is 1. The molecular formula is C31H30ClN9O3. The number of nitrogens with zero attached hydrogens (tertiary/aromatic N) is 7. The van der Waals surface area contributed by atoms with Gasteiger partial charge in [0.25, 0.3) is 5.69 Å². The van der Waals surface area contributed by atoms with Gasteiger partial charge in [-0.1, -0.05) is 59.6 Å². The minimum absolute atomic E-state index is 0.0328. The number of fused-ring (bicyclic) bond motifs is 1. The van der Waals surface area contributed by atoms with Crippen LogP contribution in [0.1, 0.15) is 16.7 Å². The lowest BCUT2D eigenvalue weighted by Gasteiger charge is -2.34. The lowest BCUT2D eigenvalue weighted by molar-refractivity contribution is -0.384. The van der Waals surface area contributed by atoms with Crippen LogP contribution in [0.25, 0.3) is 11.2 Å². The van der Waals surface area contributed by atoms with Crippen molar-refractivity contribution in [2.24, 2.45) is 0 Å². The van der Waals surface area contributed by atoms with E-state index in [2.05, 4.69) is 45.6 Å². The maximum atomic E-state index is 12.9. The number of aryl methyl sites for hydroxylation is 1. The number of hydrogen-bond acceptors (Lipinski definition) is 8. The highest BCUT2D eigenvalue weighted by Gasteiger charge is 2.25. The number of aromatic nitrogens is 4. The zero-order valence-electron chi connectivity index (χ0n) is 24.0. The lowest BCUT2D eigenvalue weighted by Crippen LogP contribution is -2.50. The fraction of sp³-hybridized carbons (Fsp3) is 0.226. The Labute approximate surface area is 258 Å². The fourth-order valence-corrected chi connectivity index (χ4v) is 5.32. The van der Waals surface area contributed by atoms with Crippen LogP contribution in [-0.4, -0.2) is 61.6 Å². The van der Waals surface area contributed by atoms with Gasteiger partial charge in [-0.15, -0.1) is 0 Å². The molecule has 2 aromatic heterocycles. The SMILES string of the molecule is Cc1cccc(Cn2cnc3c(NCc4ccccc4Cl)nc(N4CCN(C(=O)Nc5ccc([N+](=O)[O-])cc5)CC4)nc32)c1. The molecule has 5 aromatic rings. The topological polar surface area (TPSA) is 134 Å². The number of carbonyl (C=O) groups excluding carboxylic acids is 1. The molecule has 1 saturated heterocycles. The Morgan fingerprint density at radius 3 is 2.50 bits per heavy atom. The number of imidazole rings is 1. The monoisotopic (exact) mass is 611 g/mol. The third-order valence-corrected chi connectivity index (χ3v) is 7.84. The van der Waals surface area contributed by atoms with Crippen LogP contribution in [-0.2, 0) is 13.1 Å². The number of nitro groups is 1. The van der Waals surface area contributed by atoms with Gasteiger partial charge in [-0.05, 0) is 36.2 Å². The molecule has 0 radical (unpaired) electrons. The fourth-order valence-electron chi connectivity index (χ4n) is 5.12. The van der Waals surface area contributed by atoms with Crippen molar-refractivity contribution in [1.29, 1.82) is 0 Å². The maximum absolute atomic E-state index is 12.9. The average molecular weight is 612 g/mol. The van der Waals surface area contributed by atoms with Crippen molar-refractivity contribution in [1.82, 2.24) is 24.4 Å². The molecule has 0 bridgehead atoms. The molecule has 2 amide bonds. The van der Waals surface area contributed by atoms with Gasteiger partial charge in [0.2, 0.25) is 5.95 Å². The van der Waals surface area contributed by atoms with Crippen LogP contribution in [0.4, 0.5) is 27.9 Å². The molecule has 224 valence electrons. The van der Waals surface area contributed by atoms with Gasteiger partial charge in [0.15, 0.2) is 17.0 Å². The van der Waals surface area contributed by atoms with Crippen LogP contribution in [0.5, 0.6) is 0 Å². The molecule has 2 N–H and O–H groups in total. The number of benzene rings is 3. The third-order valence-electron chi connectivity index (χ3n) is 7.47. The number of nitrogens with one attached hydrogen (secondary N) is 2. The molecule has 0 atom stereocenters. The van der Waals surface area contributed by atoms with Crippen molar-refractivity contribution in [3.63, 3.8) is 0 Å². The summed E-state index contributed by atoms with van der Waals surface area (Å²) < 4.78 is 2.02. The Balaban J connectivity index is 1.21. The van der Waals surface area contributed by atoms with Gasteiger partial charge in [-0.2, -0.15) is 9.97 Å². The van der Waals surface area contributed by atoms with Crippen molar-refractivity contribution >= 4 is 51.9 Å². The second-order valence-corrected chi connectivity index (χ2v) is 11.0. The number of urea groups is 1. The average Bonchev–Trinajstić information content (AvgIpc) is 3.43. The Kier molecular flexibility index (Phi) is 8.24. The van der Waals surface area contributed by atoms with Crippen LogP contribution >= 0.6 is 11.6 Å². The van der Waals surface area contributed by atoms with E-state index in [4.69, 9.17) is 21.6 Å². The molecule has 3 heterocycles. The standard InChI is InChI=1S/C31H30ClN9O3/c1-21-5-4-6-22(17-21)19-40-20-34-27-28(33-18-23-7-2-3-8-26(23)32)36-30(37-29(27)40)38-13-15-39(16-14-38)31(42)35-24-9-11-25(12-10-24)41(43)44/h2-12,17,20H,13-16,18-19H2,1H3,(H,35,42)(H,33,36,37). The predicted octanol–water partition coefficient (Wildman–Crippen LogP) is 5.71. The summed E-state index contributed by atoms with van der Waals surface area (Å²) in [5, 5.41) is 17.8. The van der Waals surface area contributed by atoms with Crippen LogP contribution in [0, 0.1) is 17.0 Å². The van der Waals surface area contributed by atoms with Crippen molar-refractivity contribution in [2.45, 2.75) is 20.0 Å². The van der Waals surface area contributed by atoms with Gasteiger partial charge < -0.3 is 25.0 Å². The highest BCUT2D eigenvalue weighted by Crippen LogP contribution is 2.26. The minimum Gasteiger partial charge on any atom is -0.364 e. The summed E-state index contributed by atoms with van der Waals surface area (Å²) >= 11 is 6.41. The highest BCUT2D eigenvalue weighted by molar-refractivity contribution is 6.31. The largest absolute Gasteiger partial charge is 0.364 e. The molecular weight excluding hydrogens is 582 g/mol. The van der Waals surface area contributed by atoms with Gasteiger partial charge in [-0.3, -0.25) is 10.1 Å². The molecule has 1 aliphatic heterocycles. The highest BCUT2D eigenvalue weighted by atomic mass is 35.5. The zero-order chi connectivity index (χ0) is 30.6. The van der Waals surface area contributed by atoms with E-state index in [1.807, 2.05) is 34.9 Å². The molecule has 3 aromatic carbocycles. The van der Waals surface area contributed by atoms with Crippen molar-refractivity contribution in [3.05, 3.63) is 111 Å². The summed E-state index contributed by atoms with van der Waals surface area (Å²) in [6, 6.07) is 21.5. The van der Waals surface area contributed by atoms with Gasteiger partial charge in [0.1, 0.15) is 0 Å². The number of hydrogen-bond donors (Lipinski definition) is 2. The van der Waals surface area contributed by atoms with Crippen LogP contribution < -0.4 is 15.5 Å².